The van der Waals surface area contributed by atoms with Gasteiger partial charge in [0, 0.05) is 38.6 Å². The fourth-order valence-electron chi connectivity index (χ4n) is 3.31. The molecule has 3 heterocycles. The topological polar surface area (TPSA) is 84.2 Å². The van der Waals surface area contributed by atoms with Gasteiger partial charge in [-0.15, -0.1) is 10.2 Å². The summed E-state index contributed by atoms with van der Waals surface area (Å²) < 4.78 is 28.7. The molecule has 2 aromatic heterocycles. The third-order valence-corrected chi connectivity index (χ3v) is 6.61. The SMILES string of the molecule is Cc1cccc(CS(=O)(=O)N2CCN(c3ccc(-n4cccn4)nn3)CC2)c1. The second kappa shape index (κ2) is 7.69. The number of anilines is 1. The minimum atomic E-state index is -3.34. The fraction of sp³-hybridized carbons (Fsp3) is 0.316. The van der Waals surface area contributed by atoms with Gasteiger partial charge < -0.3 is 4.90 Å². The molecule has 0 radical (unpaired) electrons. The lowest BCUT2D eigenvalue weighted by atomic mass is 10.2. The van der Waals surface area contributed by atoms with Crippen molar-refractivity contribution < 1.29 is 8.42 Å². The quantitative estimate of drug-likeness (QED) is 0.649. The third-order valence-electron chi connectivity index (χ3n) is 4.76. The normalized spacial score (nSPS) is 15.7. The van der Waals surface area contributed by atoms with Crippen molar-refractivity contribution in [3.63, 3.8) is 0 Å². The molecule has 0 atom stereocenters. The number of rotatable bonds is 5. The summed E-state index contributed by atoms with van der Waals surface area (Å²) in [5.74, 6) is 1.42. The highest BCUT2D eigenvalue weighted by Gasteiger charge is 2.27. The van der Waals surface area contributed by atoms with Crippen molar-refractivity contribution in [2.75, 3.05) is 31.1 Å². The minimum absolute atomic E-state index is 0.0348. The molecule has 0 spiro atoms. The summed E-state index contributed by atoms with van der Waals surface area (Å²) in [4.78, 5) is 2.05. The van der Waals surface area contributed by atoms with E-state index in [9.17, 15) is 8.42 Å². The zero-order valence-electron chi connectivity index (χ0n) is 15.6. The van der Waals surface area contributed by atoms with Crippen molar-refractivity contribution in [1.29, 1.82) is 0 Å². The second-order valence-corrected chi connectivity index (χ2v) is 8.80. The molecule has 0 amide bonds. The van der Waals surface area contributed by atoms with Crippen LogP contribution in [0.1, 0.15) is 11.1 Å². The summed E-state index contributed by atoms with van der Waals surface area (Å²) in [6.07, 6.45) is 3.49. The zero-order valence-corrected chi connectivity index (χ0v) is 16.5. The molecule has 1 fully saturated rings. The Morgan fingerprint density at radius 2 is 1.71 bits per heavy atom. The van der Waals surface area contributed by atoms with E-state index in [0.717, 1.165) is 16.9 Å². The summed E-state index contributed by atoms with van der Waals surface area (Å²) in [7, 11) is -3.34. The lowest BCUT2D eigenvalue weighted by Crippen LogP contribution is -2.49. The molecule has 1 saturated heterocycles. The molecule has 4 rings (SSSR count). The van der Waals surface area contributed by atoms with Crippen molar-refractivity contribution in [2.45, 2.75) is 12.7 Å². The number of benzene rings is 1. The Kier molecular flexibility index (Phi) is 5.10. The fourth-order valence-corrected chi connectivity index (χ4v) is 4.82. The Bertz CT molecular complexity index is 1030. The first-order chi connectivity index (χ1) is 13.5. The van der Waals surface area contributed by atoms with Crippen LogP contribution in [-0.2, 0) is 15.8 Å². The second-order valence-electron chi connectivity index (χ2n) is 6.83. The van der Waals surface area contributed by atoms with E-state index >= 15 is 0 Å². The highest BCUT2D eigenvalue weighted by molar-refractivity contribution is 7.88. The maximum absolute atomic E-state index is 12.8. The van der Waals surface area contributed by atoms with Crippen LogP contribution in [0.4, 0.5) is 5.82 Å². The van der Waals surface area contributed by atoms with E-state index in [1.165, 1.54) is 0 Å². The number of nitrogens with zero attached hydrogens (tertiary/aromatic N) is 6. The van der Waals surface area contributed by atoms with Crippen molar-refractivity contribution >= 4 is 15.8 Å². The van der Waals surface area contributed by atoms with Gasteiger partial charge in [-0.05, 0) is 30.7 Å². The zero-order chi connectivity index (χ0) is 19.6. The first-order valence-electron chi connectivity index (χ1n) is 9.13. The van der Waals surface area contributed by atoms with Crippen LogP contribution in [-0.4, -0.2) is 58.9 Å². The molecule has 0 N–H and O–H groups in total. The summed E-state index contributed by atoms with van der Waals surface area (Å²) >= 11 is 0. The molecule has 146 valence electrons. The van der Waals surface area contributed by atoms with Crippen molar-refractivity contribution in [3.8, 4) is 5.82 Å². The van der Waals surface area contributed by atoms with Crippen LogP contribution < -0.4 is 4.90 Å². The molecule has 0 saturated carbocycles. The summed E-state index contributed by atoms with van der Waals surface area (Å²) in [6, 6.07) is 13.2. The highest BCUT2D eigenvalue weighted by Crippen LogP contribution is 2.18. The maximum Gasteiger partial charge on any atom is 0.218 e. The Hall–Kier alpha value is -2.78. The Labute approximate surface area is 164 Å². The Morgan fingerprint density at radius 3 is 2.36 bits per heavy atom. The van der Waals surface area contributed by atoms with Crippen LogP contribution in [0.5, 0.6) is 0 Å². The van der Waals surface area contributed by atoms with Crippen LogP contribution in [0, 0.1) is 6.92 Å². The highest BCUT2D eigenvalue weighted by atomic mass is 32.2. The van der Waals surface area contributed by atoms with E-state index in [1.54, 1.807) is 15.2 Å². The van der Waals surface area contributed by atoms with Crippen molar-refractivity contribution in [1.82, 2.24) is 24.3 Å². The number of hydrogen-bond acceptors (Lipinski definition) is 6. The molecule has 0 aliphatic carbocycles. The van der Waals surface area contributed by atoms with Gasteiger partial charge in [-0.2, -0.15) is 9.40 Å². The molecule has 0 bridgehead atoms. The predicted molar refractivity (Wildman–Crippen MR) is 107 cm³/mol. The van der Waals surface area contributed by atoms with Gasteiger partial charge >= 0.3 is 0 Å². The Balaban J connectivity index is 1.38. The van der Waals surface area contributed by atoms with Gasteiger partial charge in [0.2, 0.25) is 10.0 Å². The van der Waals surface area contributed by atoms with Crippen LogP contribution in [0.25, 0.3) is 5.82 Å². The molecule has 1 aliphatic heterocycles. The van der Waals surface area contributed by atoms with Gasteiger partial charge in [-0.1, -0.05) is 29.8 Å². The van der Waals surface area contributed by atoms with Crippen LogP contribution >= 0.6 is 0 Å². The minimum Gasteiger partial charge on any atom is -0.352 e. The number of sulfonamides is 1. The van der Waals surface area contributed by atoms with E-state index < -0.39 is 10.0 Å². The van der Waals surface area contributed by atoms with E-state index in [1.807, 2.05) is 55.6 Å². The van der Waals surface area contributed by atoms with E-state index in [4.69, 9.17) is 0 Å². The van der Waals surface area contributed by atoms with E-state index in [-0.39, 0.29) is 5.75 Å². The number of aromatic nitrogens is 4. The van der Waals surface area contributed by atoms with Crippen molar-refractivity contribution in [3.05, 3.63) is 66.0 Å². The van der Waals surface area contributed by atoms with Crippen molar-refractivity contribution in [2.24, 2.45) is 0 Å². The van der Waals surface area contributed by atoms with Gasteiger partial charge in [0.25, 0.3) is 0 Å². The molecular weight excluding hydrogens is 376 g/mol. The molecule has 28 heavy (non-hydrogen) atoms. The molecular formula is C19H22N6O2S. The lowest BCUT2D eigenvalue weighted by Gasteiger charge is -2.34. The average Bonchev–Trinajstić information content (AvgIpc) is 3.23. The van der Waals surface area contributed by atoms with Gasteiger partial charge in [0.1, 0.15) is 0 Å². The third kappa shape index (κ3) is 4.05. The predicted octanol–water partition coefficient (Wildman–Crippen LogP) is 1.62. The molecule has 3 aromatic rings. The van der Waals surface area contributed by atoms with Crippen LogP contribution in [0.3, 0.4) is 0 Å². The van der Waals surface area contributed by atoms with Gasteiger partial charge in [0.15, 0.2) is 11.6 Å². The number of aryl methyl sites for hydroxylation is 1. The van der Waals surface area contributed by atoms with Crippen LogP contribution in [0.2, 0.25) is 0 Å². The van der Waals surface area contributed by atoms with Gasteiger partial charge in [0.05, 0.1) is 5.75 Å². The van der Waals surface area contributed by atoms with Gasteiger partial charge in [-0.25, -0.2) is 13.1 Å². The average molecular weight is 398 g/mol. The lowest BCUT2D eigenvalue weighted by molar-refractivity contribution is 0.383. The summed E-state index contributed by atoms with van der Waals surface area (Å²) in [6.45, 7) is 4.02. The molecule has 8 nitrogen and oxygen atoms in total. The first kappa shape index (κ1) is 18.6. The van der Waals surface area contributed by atoms with E-state index in [2.05, 4.69) is 20.2 Å². The largest absolute Gasteiger partial charge is 0.352 e. The molecule has 9 heteroatoms. The van der Waals surface area contributed by atoms with Gasteiger partial charge in [-0.3, -0.25) is 0 Å². The summed E-state index contributed by atoms with van der Waals surface area (Å²) in [5.41, 5.74) is 1.89. The molecule has 1 aliphatic rings. The standard InChI is InChI=1S/C19H22N6O2S/c1-16-4-2-5-17(14-16)15-28(26,27)24-12-10-23(11-13-24)18-6-7-19(22-21-18)25-9-3-8-20-25/h2-9,14H,10-13,15H2,1H3. The molecule has 0 unspecified atom stereocenters. The summed E-state index contributed by atoms with van der Waals surface area (Å²) in [5, 5.41) is 12.6. The van der Waals surface area contributed by atoms with E-state index in [0.29, 0.717) is 32.0 Å². The van der Waals surface area contributed by atoms with Crippen LogP contribution in [0.15, 0.2) is 54.9 Å². The monoisotopic (exact) mass is 398 g/mol. The smallest absolute Gasteiger partial charge is 0.218 e. The molecule has 1 aromatic carbocycles. The number of piperazine rings is 1. The maximum atomic E-state index is 12.8. The first-order valence-corrected chi connectivity index (χ1v) is 10.7. The number of hydrogen-bond donors (Lipinski definition) is 0. The Morgan fingerprint density at radius 1 is 0.964 bits per heavy atom.